The third-order valence-corrected chi connectivity index (χ3v) is 4.38. The molecule has 1 aromatic carbocycles. The van der Waals surface area contributed by atoms with E-state index in [0.29, 0.717) is 11.8 Å². The highest BCUT2D eigenvalue weighted by molar-refractivity contribution is 9.10. The SMILES string of the molecule is CC(C)CCN(CCC(C)C)c1ccc(C(C)O)cc1Br. The molecule has 0 bridgehead atoms. The van der Waals surface area contributed by atoms with Gasteiger partial charge in [0.15, 0.2) is 0 Å². The van der Waals surface area contributed by atoms with Crippen LogP contribution < -0.4 is 4.90 Å². The first-order valence-corrected chi connectivity index (χ1v) is 8.83. The molecule has 0 aliphatic carbocycles. The van der Waals surface area contributed by atoms with Crippen LogP contribution in [0.3, 0.4) is 0 Å². The van der Waals surface area contributed by atoms with Gasteiger partial charge >= 0.3 is 0 Å². The summed E-state index contributed by atoms with van der Waals surface area (Å²) < 4.78 is 1.08. The van der Waals surface area contributed by atoms with Gasteiger partial charge in [-0.1, -0.05) is 33.8 Å². The first kappa shape index (κ1) is 18.5. The van der Waals surface area contributed by atoms with Crippen LogP contribution in [0.25, 0.3) is 0 Å². The zero-order valence-electron chi connectivity index (χ0n) is 14.1. The Bertz CT molecular complexity index is 417. The monoisotopic (exact) mass is 355 g/mol. The van der Waals surface area contributed by atoms with E-state index in [-0.39, 0.29) is 0 Å². The molecular formula is C18H30BrNO. The van der Waals surface area contributed by atoms with Gasteiger partial charge in [0.05, 0.1) is 11.8 Å². The van der Waals surface area contributed by atoms with Gasteiger partial charge in [0, 0.05) is 17.6 Å². The number of halogens is 1. The van der Waals surface area contributed by atoms with Crippen molar-refractivity contribution >= 4 is 21.6 Å². The summed E-state index contributed by atoms with van der Waals surface area (Å²) >= 11 is 3.68. The van der Waals surface area contributed by atoms with Crippen molar-refractivity contribution in [3.05, 3.63) is 28.2 Å². The first-order valence-electron chi connectivity index (χ1n) is 8.03. The molecule has 0 saturated heterocycles. The molecule has 3 heteroatoms. The lowest BCUT2D eigenvalue weighted by atomic mass is 10.1. The van der Waals surface area contributed by atoms with Crippen molar-refractivity contribution in [2.24, 2.45) is 11.8 Å². The molecule has 0 aliphatic rings. The third-order valence-electron chi connectivity index (χ3n) is 3.75. The van der Waals surface area contributed by atoms with Gasteiger partial charge in [-0.2, -0.15) is 0 Å². The molecule has 21 heavy (non-hydrogen) atoms. The summed E-state index contributed by atoms with van der Waals surface area (Å²) in [7, 11) is 0. The maximum absolute atomic E-state index is 9.70. The number of aliphatic hydroxyl groups excluding tert-OH is 1. The molecule has 0 radical (unpaired) electrons. The Morgan fingerprint density at radius 1 is 1.00 bits per heavy atom. The molecular weight excluding hydrogens is 326 g/mol. The van der Waals surface area contributed by atoms with E-state index in [0.717, 1.165) is 23.1 Å². The second kappa shape index (κ2) is 8.79. The zero-order chi connectivity index (χ0) is 16.0. The van der Waals surface area contributed by atoms with Gasteiger partial charge in [0.2, 0.25) is 0 Å². The Morgan fingerprint density at radius 2 is 1.52 bits per heavy atom. The highest BCUT2D eigenvalue weighted by atomic mass is 79.9. The molecule has 1 rings (SSSR count). The van der Waals surface area contributed by atoms with E-state index in [1.54, 1.807) is 6.92 Å². The Kier molecular flexibility index (Phi) is 7.75. The van der Waals surface area contributed by atoms with Gasteiger partial charge in [-0.3, -0.25) is 0 Å². The van der Waals surface area contributed by atoms with Gasteiger partial charge in [0.1, 0.15) is 0 Å². The fourth-order valence-corrected chi connectivity index (χ4v) is 2.87. The van der Waals surface area contributed by atoms with Crippen molar-refractivity contribution in [3.63, 3.8) is 0 Å². The van der Waals surface area contributed by atoms with Crippen LogP contribution in [0.1, 0.15) is 59.1 Å². The Labute approximate surface area is 138 Å². The molecule has 0 aliphatic heterocycles. The van der Waals surface area contributed by atoms with Crippen LogP contribution in [0.2, 0.25) is 0 Å². The lowest BCUT2D eigenvalue weighted by molar-refractivity contribution is 0.199. The molecule has 0 saturated carbocycles. The standard InChI is InChI=1S/C18H30BrNO/c1-13(2)8-10-20(11-9-14(3)4)18-7-6-16(15(5)21)12-17(18)19/h6-7,12-15,21H,8-11H2,1-5H3. The topological polar surface area (TPSA) is 23.5 Å². The quantitative estimate of drug-likeness (QED) is 0.674. The van der Waals surface area contributed by atoms with E-state index in [1.165, 1.54) is 18.5 Å². The molecule has 0 heterocycles. The first-order chi connectivity index (χ1) is 9.81. The van der Waals surface area contributed by atoms with Crippen LogP contribution >= 0.6 is 15.9 Å². The molecule has 1 atom stereocenters. The Hall–Kier alpha value is -0.540. The predicted octanol–water partition coefficient (Wildman–Crippen LogP) is 5.40. The van der Waals surface area contributed by atoms with E-state index in [1.807, 2.05) is 12.1 Å². The van der Waals surface area contributed by atoms with Crippen LogP contribution in [0.5, 0.6) is 0 Å². The highest BCUT2D eigenvalue weighted by Gasteiger charge is 2.13. The van der Waals surface area contributed by atoms with Crippen LogP contribution in [-0.2, 0) is 0 Å². The minimum Gasteiger partial charge on any atom is -0.389 e. The summed E-state index contributed by atoms with van der Waals surface area (Å²) in [6.07, 6.45) is 1.97. The van der Waals surface area contributed by atoms with Gasteiger partial charge < -0.3 is 10.0 Å². The van der Waals surface area contributed by atoms with E-state index in [2.05, 4.69) is 54.6 Å². The second-order valence-corrected chi connectivity index (χ2v) is 7.59. The molecule has 0 aromatic heterocycles. The lowest BCUT2D eigenvalue weighted by Crippen LogP contribution is -2.28. The van der Waals surface area contributed by atoms with E-state index < -0.39 is 6.10 Å². The molecule has 1 unspecified atom stereocenters. The minimum absolute atomic E-state index is 0.421. The van der Waals surface area contributed by atoms with Crippen molar-refractivity contribution in [2.45, 2.75) is 53.6 Å². The summed E-state index contributed by atoms with van der Waals surface area (Å²) in [4.78, 5) is 2.47. The normalized spacial score (nSPS) is 13.0. The fourth-order valence-electron chi connectivity index (χ4n) is 2.22. The highest BCUT2D eigenvalue weighted by Crippen LogP contribution is 2.30. The average molecular weight is 356 g/mol. The van der Waals surface area contributed by atoms with Gasteiger partial charge in [-0.25, -0.2) is 0 Å². The van der Waals surface area contributed by atoms with E-state index in [4.69, 9.17) is 0 Å². The molecule has 0 fully saturated rings. The minimum atomic E-state index is -0.421. The van der Waals surface area contributed by atoms with Gasteiger partial charge in [0.25, 0.3) is 0 Å². The summed E-state index contributed by atoms with van der Waals surface area (Å²) in [5.74, 6) is 1.42. The largest absolute Gasteiger partial charge is 0.389 e. The number of hydrogen-bond acceptors (Lipinski definition) is 2. The number of anilines is 1. The maximum Gasteiger partial charge on any atom is 0.0762 e. The summed E-state index contributed by atoms with van der Waals surface area (Å²) in [5, 5.41) is 9.70. The average Bonchev–Trinajstić information content (AvgIpc) is 2.38. The fraction of sp³-hybridized carbons (Fsp3) is 0.667. The van der Waals surface area contributed by atoms with Gasteiger partial charge in [-0.15, -0.1) is 0 Å². The van der Waals surface area contributed by atoms with Crippen molar-refractivity contribution in [1.82, 2.24) is 0 Å². The van der Waals surface area contributed by atoms with Gasteiger partial charge in [-0.05, 0) is 65.2 Å². The smallest absolute Gasteiger partial charge is 0.0762 e. The number of hydrogen-bond donors (Lipinski definition) is 1. The Morgan fingerprint density at radius 3 is 1.90 bits per heavy atom. The Balaban J connectivity index is 2.90. The second-order valence-electron chi connectivity index (χ2n) is 6.74. The number of aliphatic hydroxyl groups is 1. The summed E-state index contributed by atoms with van der Waals surface area (Å²) in [5.41, 5.74) is 2.19. The summed E-state index contributed by atoms with van der Waals surface area (Å²) in [6, 6.07) is 6.20. The predicted molar refractivity (Wildman–Crippen MR) is 95.9 cm³/mol. The van der Waals surface area contributed by atoms with Crippen molar-refractivity contribution in [2.75, 3.05) is 18.0 Å². The van der Waals surface area contributed by atoms with Crippen LogP contribution in [0.4, 0.5) is 5.69 Å². The van der Waals surface area contributed by atoms with Crippen LogP contribution in [-0.4, -0.2) is 18.2 Å². The molecule has 0 amide bonds. The third kappa shape index (κ3) is 6.39. The van der Waals surface area contributed by atoms with E-state index >= 15 is 0 Å². The van der Waals surface area contributed by atoms with E-state index in [9.17, 15) is 5.11 Å². The zero-order valence-corrected chi connectivity index (χ0v) is 15.7. The molecule has 1 N–H and O–H groups in total. The molecule has 0 spiro atoms. The maximum atomic E-state index is 9.70. The van der Waals surface area contributed by atoms with Crippen molar-refractivity contribution in [1.29, 1.82) is 0 Å². The number of benzene rings is 1. The van der Waals surface area contributed by atoms with Crippen molar-refractivity contribution in [3.8, 4) is 0 Å². The molecule has 120 valence electrons. The molecule has 2 nitrogen and oxygen atoms in total. The van der Waals surface area contributed by atoms with Crippen LogP contribution in [0, 0.1) is 11.8 Å². The van der Waals surface area contributed by atoms with Crippen LogP contribution in [0.15, 0.2) is 22.7 Å². The summed E-state index contributed by atoms with van der Waals surface area (Å²) in [6.45, 7) is 13.0. The number of nitrogens with zero attached hydrogens (tertiary/aromatic N) is 1. The number of rotatable bonds is 8. The molecule has 1 aromatic rings. The lowest BCUT2D eigenvalue weighted by Gasteiger charge is -2.28. The van der Waals surface area contributed by atoms with Crippen molar-refractivity contribution < 1.29 is 5.11 Å².